The minimum Gasteiger partial charge on any atom is -0.366 e. The van der Waals surface area contributed by atoms with Crippen LogP contribution in [0.3, 0.4) is 0 Å². The molecule has 0 aliphatic carbocycles. The van der Waals surface area contributed by atoms with Crippen LogP contribution in [0.1, 0.15) is 19.8 Å². The first-order chi connectivity index (χ1) is 10.3. The predicted octanol–water partition coefficient (Wildman–Crippen LogP) is 2.57. The standard InChI is InChI=1S/C18H18N2O/c1-2-3-11-19-12-10-14-13-6-4-5-7-15(13)20-17(21)9-8-16(19)18(14)20/h4-10H,2-3,11-12H2,1H3. The van der Waals surface area contributed by atoms with Gasteiger partial charge in [-0.05, 0) is 18.6 Å². The van der Waals surface area contributed by atoms with Gasteiger partial charge in [0.1, 0.15) is 0 Å². The van der Waals surface area contributed by atoms with Gasteiger partial charge in [-0.15, -0.1) is 0 Å². The third kappa shape index (κ3) is 1.70. The maximum absolute atomic E-state index is 12.3. The van der Waals surface area contributed by atoms with Crippen molar-refractivity contribution in [1.29, 1.82) is 0 Å². The molecule has 0 fully saturated rings. The Bertz CT molecular complexity index is 939. The van der Waals surface area contributed by atoms with E-state index in [-0.39, 0.29) is 5.56 Å². The molecule has 0 amide bonds. The van der Waals surface area contributed by atoms with Gasteiger partial charge in [-0.3, -0.25) is 9.20 Å². The van der Waals surface area contributed by atoms with E-state index in [4.69, 9.17) is 0 Å². The second-order valence-corrected chi connectivity index (χ2v) is 5.68. The van der Waals surface area contributed by atoms with E-state index >= 15 is 0 Å². The largest absolute Gasteiger partial charge is 0.366 e. The molecule has 1 aliphatic heterocycles. The van der Waals surface area contributed by atoms with Crippen LogP contribution in [-0.2, 0) is 0 Å². The molecule has 0 saturated carbocycles. The molecule has 0 saturated heterocycles. The van der Waals surface area contributed by atoms with Gasteiger partial charge in [-0.25, -0.2) is 0 Å². The number of anilines is 1. The molecular formula is C18H18N2O. The predicted molar refractivity (Wildman–Crippen MR) is 88.0 cm³/mol. The fourth-order valence-electron chi connectivity index (χ4n) is 3.37. The van der Waals surface area contributed by atoms with Crippen LogP contribution in [0.2, 0.25) is 0 Å². The van der Waals surface area contributed by atoms with Crippen molar-refractivity contribution in [3.05, 3.63) is 52.0 Å². The molecule has 3 nitrogen and oxygen atoms in total. The lowest BCUT2D eigenvalue weighted by molar-refractivity contribution is 0.750. The Hall–Kier alpha value is -2.29. The monoisotopic (exact) mass is 278 g/mol. The molecule has 3 heterocycles. The van der Waals surface area contributed by atoms with Crippen LogP contribution < -0.4 is 15.7 Å². The highest BCUT2D eigenvalue weighted by Gasteiger charge is 2.19. The number of unbranched alkanes of at least 4 members (excludes halogenated alkanes) is 1. The topological polar surface area (TPSA) is 24.7 Å². The number of fused-ring (bicyclic) bond motifs is 3. The van der Waals surface area contributed by atoms with Crippen LogP contribution >= 0.6 is 0 Å². The summed E-state index contributed by atoms with van der Waals surface area (Å²) in [6.07, 6.45) is 4.62. The second kappa shape index (κ2) is 4.62. The Labute approximate surface area is 123 Å². The summed E-state index contributed by atoms with van der Waals surface area (Å²) in [6, 6.07) is 11.9. The minimum absolute atomic E-state index is 0.0574. The van der Waals surface area contributed by atoms with E-state index < -0.39 is 0 Å². The van der Waals surface area contributed by atoms with Crippen molar-refractivity contribution in [3.63, 3.8) is 0 Å². The molecule has 0 spiro atoms. The van der Waals surface area contributed by atoms with Crippen molar-refractivity contribution in [3.8, 4) is 0 Å². The molecule has 0 radical (unpaired) electrons. The molecule has 0 unspecified atom stereocenters. The van der Waals surface area contributed by atoms with E-state index in [1.165, 1.54) is 29.1 Å². The first-order valence-electron chi connectivity index (χ1n) is 7.62. The summed E-state index contributed by atoms with van der Waals surface area (Å²) in [4.78, 5) is 14.7. The van der Waals surface area contributed by atoms with Crippen molar-refractivity contribution < 1.29 is 0 Å². The summed E-state index contributed by atoms with van der Waals surface area (Å²) in [5.41, 5.74) is 3.34. The van der Waals surface area contributed by atoms with Crippen LogP contribution in [0.15, 0.2) is 41.2 Å². The highest BCUT2D eigenvalue weighted by molar-refractivity contribution is 5.95. The van der Waals surface area contributed by atoms with Crippen LogP contribution in [0.25, 0.3) is 22.5 Å². The number of nitrogens with zero attached hydrogens (tertiary/aromatic N) is 2. The lowest BCUT2D eigenvalue weighted by Gasteiger charge is -2.26. The quantitative estimate of drug-likeness (QED) is 0.735. The molecule has 0 bridgehead atoms. The summed E-state index contributed by atoms with van der Waals surface area (Å²) in [7, 11) is 0. The number of aromatic nitrogens is 1. The van der Waals surface area contributed by atoms with Crippen LogP contribution in [0.5, 0.6) is 0 Å². The number of pyridine rings is 1. The maximum atomic E-state index is 12.3. The van der Waals surface area contributed by atoms with Gasteiger partial charge >= 0.3 is 0 Å². The van der Waals surface area contributed by atoms with Crippen LogP contribution in [-0.4, -0.2) is 17.5 Å². The Morgan fingerprint density at radius 3 is 2.86 bits per heavy atom. The fraction of sp³-hybridized carbons (Fsp3) is 0.278. The van der Waals surface area contributed by atoms with E-state index in [9.17, 15) is 4.79 Å². The zero-order valence-electron chi connectivity index (χ0n) is 12.2. The first kappa shape index (κ1) is 12.5. The SMILES string of the molecule is CCCCN1CC=c2c3ccccc3n3c(=O)ccc1c23. The van der Waals surface area contributed by atoms with Crippen LogP contribution in [0.4, 0.5) is 5.69 Å². The van der Waals surface area contributed by atoms with E-state index in [1.807, 2.05) is 28.7 Å². The molecule has 1 aromatic carbocycles. The molecule has 21 heavy (non-hydrogen) atoms. The van der Waals surface area contributed by atoms with Gasteiger partial charge in [0.15, 0.2) is 0 Å². The molecule has 2 aromatic heterocycles. The first-order valence-corrected chi connectivity index (χ1v) is 7.62. The molecule has 1 aliphatic rings. The Morgan fingerprint density at radius 1 is 1.14 bits per heavy atom. The summed E-state index contributed by atoms with van der Waals surface area (Å²) in [5.74, 6) is 0. The highest BCUT2D eigenvalue weighted by Crippen LogP contribution is 2.25. The fourth-order valence-corrected chi connectivity index (χ4v) is 3.37. The molecule has 3 aromatic rings. The Morgan fingerprint density at radius 2 is 2.00 bits per heavy atom. The van der Waals surface area contributed by atoms with Gasteiger partial charge < -0.3 is 4.90 Å². The van der Waals surface area contributed by atoms with Gasteiger partial charge in [-0.2, -0.15) is 0 Å². The normalized spacial score (nSPS) is 13.9. The maximum Gasteiger partial charge on any atom is 0.255 e. The third-order valence-electron chi connectivity index (χ3n) is 4.40. The van der Waals surface area contributed by atoms with Gasteiger partial charge in [-0.1, -0.05) is 37.6 Å². The summed E-state index contributed by atoms with van der Waals surface area (Å²) < 4.78 is 1.87. The van der Waals surface area contributed by atoms with E-state index in [1.54, 1.807) is 6.07 Å². The van der Waals surface area contributed by atoms with Crippen molar-refractivity contribution in [2.24, 2.45) is 0 Å². The zero-order valence-corrected chi connectivity index (χ0v) is 12.2. The van der Waals surface area contributed by atoms with Crippen molar-refractivity contribution in [2.75, 3.05) is 18.0 Å². The second-order valence-electron chi connectivity index (χ2n) is 5.68. The number of benzene rings is 1. The summed E-state index contributed by atoms with van der Waals surface area (Å²) in [6.45, 7) is 4.18. The number of hydrogen-bond acceptors (Lipinski definition) is 2. The Balaban J connectivity index is 2.10. The van der Waals surface area contributed by atoms with Crippen molar-refractivity contribution in [1.82, 2.24) is 4.40 Å². The molecule has 4 rings (SSSR count). The lowest BCUT2D eigenvalue weighted by atomic mass is 10.1. The van der Waals surface area contributed by atoms with Crippen molar-refractivity contribution in [2.45, 2.75) is 19.8 Å². The zero-order chi connectivity index (χ0) is 14.4. The highest BCUT2D eigenvalue weighted by atomic mass is 16.1. The molecule has 0 atom stereocenters. The average molecular weight is 278 g/mol. The lowest BCUT2D eigenvalue weighted by Crippen LogP contribution is -2.31. The summed E-state index contributed by atoms with van der Waals surface area (Å²) in [5, 5.41) is 2.39. The van der Waals surface area contributed by atoms with Gasteiger partial charge in [0, 0.05) is 29.8 Å². The van der Waals surface area contributed by atoms with Gasteiger partial charge in [0.25, 0.3) is 5.56 Å². The molecule has 3 heteroatoms. The molecule has 0 N–H and O–H groups in total. The average Bonchev–Trinajstić information content (AvgIpc) is 2.86. The number of hydrogen-bond donors (Lipinski definition) is 0. The molecular weight excluding hydrogens is 260 g/mol. The van der Waals surface area contributed by atoms with Gasteiger partial charge in [0.05, 0.1) is 16.7 Å². The van der Waals surface area contributed by atoms with Gasteiger partial charge in [0.2, 0.25) is 0 Å². The van der Waals surface area contributed by atoms with E-state index in [0.29, 0.717) is 0 Å². The number of para-hydroxylation sites is 1. The summed E-state index contributed by atoms with van der Waals surface area (Å²) >= 11 is 0. The smallest absolute Gasteiger partial charge is 0.255 e. The van der Waals surface area contributed by atoms with Crippen molar-refractivity contribution >= 4 is 28.2 Å². The van der Waals surface area contributed by atoms with E-state index in [2.05, 4.69) is 24.0 Å². The van der Waals surface area contributed by atoms with Crippen LogP contribution in [0, 0.1) is 0 Å². The Kier molecular flexibility index (Phi) is 2.74. The minimum atomic E-state index is 0.0574. The van der Waals surface area contributed by atoms with E-state index in [0.717, 1.165) is 24.1 Å². The number of rotatable bonds is 3. The third-order valence-corrected chi connectivity index (χ3v) is 4.40. The molecule has 106 valence electrons.